The van der Waals surface area contributed by atoms with Gasteiger partial charge in [-0.1, -0.05) is 113 Å². The van der Waals surface area contributed by atoms with Gasteiger partial charge >= 0.3 is 0 Å². The van der Waals surface area contributed by atoms with E-state index in [1.807, 2.05) is 6.20 Å². The van der Waals surface area contributed by atoms with E-state index in [1.54, 1.807) is 0 Å². The van der Waals surface area contributed by atoms with E-state index < -0.39 is 0 Å². The summed E-state index contributed by atoms with van der Waals surface area (Å²) in [4.78, 5) is 14.8. The van der Waals surface area contributed by atoms with Gasteiger partial charge in [-0.25, -0.2) is 9.97 Å². The number of hydrogen-bond donors (Lipinski definition) is 0. The maximum absolute atomic E-state index is 5.27. The highest BCUT2D eigenvalue weighted by atomic mass is 15.2. The first-order valence-electron chi connectivity index (χ1n) is 20.0. The van der Waals surface area contributed by atoms with Gasteiger partial charge in [0.2, 0.25) is 0 Å². The molecule has 57 heavy (non-hydrogen) atoms. The number of fused-ring (bicyclic) bond motifs is 6. The molecule has 0 spiro atoms. The Morgan fingerprint density at radius 3 is 1.70 bits per heavy atom. The Bertz CT molecular complexity index is 2860. The maximum atomic E-state index is 5.27. The summed E-state index contributed by atoms with van der Waals surface area (Å²) in [6, 6.07) is 54.5. The van der Waals surface area contributed by atoms with Crippen LogP contribution >= 0.6 is 0 Å². The molecule has 0 aliphatic rings. The highest BCUT2D eigenvalue weighted by Gasteiger charge is 2.23. The van der Waals surface area contributed by atoms with Crippen molar-refractivity contribution < 1.29 is 0 Å². The Balaban J connectivity index is 1.27. The van der Waals surface area contributed by atoms with Gasteiger partial charge in [0.1, 0.15) is 11.5 Å². The van der Waals surface area contributed by atoms with Crippen molar-refractivity contribution in [3.63, 3.8) is 0 Å². The molecule has 9 rings (SSSR count). The lowest BCUT2D eigenvalue weighted by Crippen LogP contribution is -2.14. The van der Waals surface area contributed by atoms with Crippen LogP contribution in [0.15, 0.2) is 164 Å². The fourth-order valence-electron chi connectivity index (χ4n) is 8.31. The molecule has 280 valence electrons. The molecule has 0 aliphatic heterocycles. The lowest BCUT2D eigenvalue weighted by atomic mass is 9.87. The summed E-state index contributed by atoms with van der Waals surface area (Å²) < 4.78 is 2.40. The number of para-hydroxylation sites is 3. The molecule has 6 aromatic carbocycles. The van der Waals surface area contributed by atoms with Crippen molar-refractivity contribution in [2.45, 2.75) is 53.4 Å². The summed E-state index contributed by atoms with van der Waals surface area (Å²) in [6.07, 6.45) is 4.06. The molecule has 0 bridgehead atoms. The Labute approximate surface area is 335 Å². The van der Waals surface area contributed by atoms with E-state index in [0.29, 0.717) is 11.8 Å². The van der Waals surface area contributed by atoms with E-state index >= 15 is 0 Å². The van der Waals surface area contributed by atoms with Gasteiger partial charge in [-0.15, -0.1) is 0 Å². The van der Waals surface area contributed by atoms with Gasteiger partial charge in [-0.05, 0) is 120 Å². The smallest absolute Gasteiger partial charge is 0.145 e. The largest absolute Gasteiger partial charge is 0.310 e. The second-order valence-electron chi connectivity index (χ2n) is 15.7. The summed E-state index contributed by atoms with van der Waals surface area (Å²) in [5.41, 5.74) is 14.8. The molecule has 0 atom stereocenters. The number of rotatable bonds is 9. The van der Waals surface area contributed by atoms with Crippen molar-refractivity contribution in [3.8, 4) is 11.3 Å². The Kier molecular flexibility index (Phi) is 9.30. The number of nitrogens with zero attached hydrogens (tertiary/aromatic N) is 5. The highest BCUT2D eigenvalue weighted by molar-refractivity contribution is 6.13. The van der Waals surface area contributed by atoms with E-state index in [2.05, 4.69) is 214 Å². The molecular weight excluding hydrogens is 695 g/mol. The first kappa shape index (κ1) is 35.9. The molecular formula is C52H47N5. The lowest BCUT2D eigenvalue weighted by Gasteiger charge is -2.29. The fourth-order valence-corrected chi connectivity index (χ4v) is 8.31. The van der Waals surface area contributed by atoms with Gasteiger partial charge in [-0.2, -0.15) is 0 Å². The van der Waals surface area contributed by atoms with Crippen molar-refractivity contribution in [2.24, 2.45) is 0 Å². The van der Waals surface area contributed by atoms with Crippen LogP contribution in [0.5, 0.6) is 0 Å². The van der Waals surface area contributed by atoms with E-state index in [4.69, 9.17) is 9.97 Å². The Morgan fingerprint density at radius 2 is 1.04 bits per heavy atom. The van der Waals surface area contributed by atoms with Crippen molar-refractivity contribution in [1.29, 1.82) is 0 Å². The number of aryl methyl sites for hydroxylation is 2. The monoisotopic (exact) mass is 741 g/mol. The zero-order chi connectivity index (χ0) is 39.2. The van der Waals surface area contributed by atoms with Crippen LogP contribution in [-0.2, 0) is 0 Å². The molecule has 5 heteroatoms. The molecule has 0 radical (unpaired) electrons. The molecule has 0 amide bonds. The molecule has 5 nitrogen and oxygen atoms in total. The molecule has 3 aromatic heterocycles. The van der Waals surface area contributed by atoms with Crippen LogP contribution in [0.4, 0.5) is 34.3 Å². The Morgan fingerprint density at radius 1 is 0.456 bits per heavy atom. The molecule has 0 aliphatic carbocycles. The van der Waals surface area contributed by atoms with Crippen LogP contribution in [0.1, 0.15) is 61.8 Å². The highest BCUT2D eigenvalue weighted by Crippen LogP contribution is 2.44. The van der Waals surface area contributed by atoms with Crippen molar-refractivity contribution in [2.75, 3.05) is 9.80 Å². The number of pyridine rings is 2. The third kappa shape index (κ3) is 6.39. The average Bonchev–Trinajstić information content (AvgIpc) is 3.69. The van der Waals surface area contributed by atoms with Crippen LogP contribution < -0.4 is 9.80 Å². The van der Waals surface area contributed by atoms with Gasteiger partial charge in [0.15, 0.2) is 0 Å². The quantitative estimate of drug-likeness (QED) is 0.138. The van der Waals surface area contributed by atoms with E-state index in [-0.39, 0.29) is 0 Å². The normalized spacial score (nSPS) is 11.6. The van der Waals surface area contributed by atoms with E-state index in [0.717, 1.165) is 56.5 Å². The number of hydrogen-bond acceptors (Lipinski definition) is 4. The van der Waals surface area contributed by atoms with Gasteiger partial charge < -0.3 is 4.90 Å². The topological polar surface area (TPSA) is 36.7 Å². The SMILES string of the molecule is Cc1cnc(N(c2ccccc2)c2cccc(N(c3ccccc3)c3ccc4c5ccccc5n5c(-c6c(C(C)C)cccc6C(C)C)cnc5c4c3)c2)cc1C. The van der Waals surface area contributed by atoms with Crippen molar-refractivity contribution >= 4 is 61.6 Å². The van der Waals surface area contributed by atoms with Crippen LogP contribution in [0.25, 0.3) is 38.6 Å². The minimum absolute atomic E-state index is 0.362. The fraction of sp³-hybridized carbons (Fsp3) is 0.154. The summed E-state index contributed by atoms with van der Waals surface area (Å²) in [5.74, 6) is 1.60. The summed E-state index contributed by atoms with van der Waals surface area (Å²) in [5, 5.41) is 3.48. The number of anilines is 6. The first-order chi connectivity index (χ1) is 27.8. The summed E-state index contributed by atoms with van der Waals surface area (Å²) in [7, 11) is 0. The summed E-state index contributed by atoms with van der Waals surface area (Å²) in [6.45, 7) is 13.4. The van der Waals surface area contributed by atoms with E-state index in [9.17, 15) is 0 Å². The molecule has 9 aromatic rings. The van der Waals surface area contributed by atoms with E-state index in [1.165, 1.54) is 38.6 Å². The maximum Gasteiger partial charge on any atom is 0.145 e. The number of imidazole rings is 1. The first-order valence-corrected chi connectivity index (χ1v) is 20.0. The van der Waals surface area contributed by atoms with Crippen LogP contribution in [0.3, 0.4) is 0 Å². The predicted octanol–water partition coefficient (Wildman–Crippen LogP) is 14.5. The summed E-state index contributed by atoms with van der Waals surface area (Å²) >= 11 is 0. The zero-order valence-corrected chi connectivity index (χ0v) is 33.5. The molecule has 0 N–H and O–H groups in total. The predicted molar refractivity (Wildman–Crippen MR) is 240 cm³/mol. The molecule has 0 unspecified atom stereocenters. The van der Waals surface area contributed by atoms with Crippen LogP contribution in [-0.4, -0.2) is 14.4 Å². The average molecular weight is 742 g/mol. The van der Waals surface area contributed by atoms with Gasteiger partial charge in [-0.3, -0.25) is 9.30 Å². The molecule has 0 saturated carbocycles. The third-order valence-corrected chi connectivity index (χ3v) is 11.3. The van der Waals surface area contributed by atoms with Gasteiger partial charge in [0.05, 0.1) is 17.4 Å². The van der Waals surface area contributed by atoms with Crippen LogP contribution in [0.2, 0.25) is 0 Å². The second-order valence-corrected chi connectivity index (χ2v) is 15.7. The van der Waals surface area contributed by atoms with Crippen LogP contribution in [0, 0.1) is 13.8 Å². The number of aromatic nitrogens is 3. The molecule has 3 heterocycles. The lowest BCUT2D eigenvalue weighted by molar-refractivity contribution is 0.836. The zero-order valence-electron chi connectivity index (χ0n) is 33.5. The standard InChI is InChI=1S/C52H47N5/c1-34(2)43-24-16-25-44(35(3)4)51(43)49-33-54-52-47-31-42(27-28-45(47)46-23-13-14-26-48(46)57(49)52)55(38-17-9-7-10-18-38)40-21-15-22-41(30-40)56(39-19-11-8-12-20-39)50-29-36(5)37(6)32-53-50/h7-35H,1-6H3. The molecule has 0 saturated heterocycles. The second kappa shape index (κ2) is 14.7. The van der Waals surface area contributed by atoms with Gasteiger partial charge in [0.25, 0.3) is 0 Å². The number of benzene rings is 6. The van der Waals surface area contributed by atoms with Crippen molar-refractivity contribution in [3.05, 3.63) is 186 Å². The minimum atomic E-state index is 0.362. The molecule has 0 fully saturated rings. The minimum Gasteiger partial charge on any atom is -0.310 e. The van der Waals surface area contributed by atoms with Gasteiger partial charge in [0, 0.05) is 51.0 Å². The van der Waals surface area contributed by atoms with Crippen molar-refractivity contribution in [1.82, 2.24) is 14.4 Å². The third-order valence-electron chi connectivity index (χ3n) is 11.3. The Hall–Kier alpha value is -6.72.